The molecule has 0 bridgehead atoms. The standard InChI is InChI=1S/C28H33N5O7S/c1-5-39-25(36)17-10-12-19(13-11-17)30-23(34)16-41-27(38)33-32-24(35)22(31-26(37)40-28(2,3)4)14-18-15-29-21-9-7-6-8-20(18)21/h6-13,15,22,29H,5,14,16H2,1-4H3,(H,30,34)(H,31,37)(H,32,35)(H,33,38)/t22-/m1/s1. The molecule has 13 heteroatoms. The molecule has 0 aliphatic heterocycles. The molecule has 4 amide bonds. The molecule has 218 valence electrons. The molecule has 0 spiro atoms. The maximum atomic E-state index is 13.0. The minimum absolute atomic E-state index is 0.121. The molecule has 1 aromatic heterocycles. The van der Waals surface area contributed by atoms with Crippen LogP contribution in [0.5, 0.6) is 0 Å². The highest BCUT2D eigenvalue weighted by atomic mass is 32.2. The van der Waals surface area contributed by atoms with Crippen molar-refractivity contribution in [3.8, 4) is 0 Å². The Balaban J connectivity index is 1.53. The molecule has 0 aliphatic rings. The molecule has 3 aromatic rings. The summed E-state index contributed by atoms with van der Waals surface area (Å²) in [4.78, 5) is 64.8. The number of carbonyl (C=O) groups is 5. The number of para-hydroxylation sites is 1. The number of rotatable bonds is 9. The first-order valence-electron chi connectivity index (χ1n) is 12.8. The molecule has 12 nitrogen and oxygen atoms in total. The monoisotopic (exact) mass is 583 g/mol. The molecule has 0 aliphatic carbocycles. The van der Waals surface area contributed by atoms with Crippen molar-refractivity contribution in [3.05, 3.63) is 65.9 Å². The number of benzene rings is 2. The number of hydrogen-bond acceptors (Lipinski definition) is 8. The molecule has 0 unspecified atom stereocenters. The van der Waals surface area contributed by atoms with Crippen molar-refractivity contribution >= 4 is 57.5 Å². The molecule has 0 saturated heterocycles. The topological polar surface area (TPSA) is 168 Å². The summed E-state index contributed by atoms with van der Waals surface area (Å²) in [5, 5.41) is 5.37. The minimum Gasteiger partial charge on any atom is -0.462 e. The summed E-state index contributed by atoms with van der Waals surface area (Å²) in [5.41, 5.74) is 6.20. The van der Waals surface area contributed by atoms with E-state index in [-0.39, 0.29) is 18.8 Å². The van der Waals surface area contributed by atoms with Crippen LogP contribution in [0.3, 0.4) is 0 Å². The maximum absolute atomic E-state index is 13.0. The third-order valence-electron chi connectivity index (χ3n) is 5.41. The van der Waals surface area contributed by atoms with E-state index in [1.165, 1.54) is 12.1 Å². The summed E-state index contributed by atoms with van der Waals surface area (Å²) in [6, 6.07) is 12.6. The number of ether oxygens (including phenoxy) is 2. The number of hydrazine groups is 1. The van der Waals surface area contributed by atoms with Gasteiger partial charge >= 0.3 is 12.1 Å². The summed E-state index contributed by atoms with van der Waals surface area (Å²) >= 11 is 0.633. The largest absolute Gasteiger partial charge is 0.462 e. The molecule has 41 heavy (non-hydrogen) atoms. The van der Waals surface area contributed by atoms with Crippen LogP contribution in [0.15, 0.2) is 54.7 Å². The first-order valence-corrected chi connectivity index (χ1v) is 13.8. The van der Waals surface area contributed by atoms with Crippen molar-refractivity contribution in [2.24, 2.45) is 0 Å². The van der Waals surface area contributed by atoms with Gasteiger partial charge in [-0.3, -0.25) is 25.2 Å². The summed E-state index contributed by atoms with van der Waals surface area (Å²) < 4.78 is 10.2. The second-order valence-electron chi connectivity index (χ2n) is 9.80. The molecule has 3 rings (SSSR count). The van der Waals surface area contributed by atoms with Gasteiger partial charge in [-0.1, -0.05) is 30.0 Å². The lowest BCUT2D eigenvalue weighted by Crippen LogP contribution is -2.53. The van der Waals surface area contributed by atoms with Crippen molar-refractivity contribution in [1.29, 1.82) is 0 Å². The highest BCUT2D eigenvalue weighted by molar-refractivity contribution is 8.14. The smallest absolute Gasteiger partial charge is 0.408 e. The van der Waals surface area contributed by atoms with E-state index < -0.39 is 40.8 Å². The van der Waals surface area contributed by atoms with Crippen LogP contribution in [0.2, 0.25) is 0 Å². The second-order valence-corrected chi connectivity index (χ2v) is 10.7. The Morgan fingerprint density at radius 1 is 0.976 bits per heavy atom. The van der Waals surface area contributed by atoms with E-state index in [0.717, 1.165) is 16.5 Å². The number of anilines is 1. The number of hydrogen-bond donors (Lipinski definition) is 5. The Bertz CT molecular complexity index is 1400. The molecule has 1 atom stereocenters. The van der Waals surface area contributed by atoms with Crippen LogP contribution in [0, 0.1) is 0 Å². The Hall–Kier alpha value is -4.52. The zero-order valence-corrected chi connectivity index (χ0v) is 24.0. The van der Waals surface area contributed by atoms with Gasteiger partial charge < -0.3 is 25.1 Å². The van der Waals surface area contributed by atoms with Gasteiger partial charge in [-0.05, 0) is 63.6 Å². The fraction of sp³-hybridized carbons (Fsp3) is 0.321. The quantitative estimate of drug-likeness (QED) is 0.187. The predicted molar refractivity (Wildman–Crippen MR) is 155 cm³/mol. The van der Waals surface area contributed by atoms with Crippen molar-refractivity contribution < 1.29 is 33.4 Å². The van der Waals surface area contributed by atoms with Gasteiger partial charge in [0.05, 0.1) is 17.9 Å². The lowest BCUT2D eigenvalue weighted by Gasteiger charge is -2.23. The normalized spacial score (nSPS) is 11.7. The van der Waals surface area contributed by atoms with Gasteiger partial charge in [0.15, 0.2) is 0 Å². The fourth-order valence-electron chi connectivity index (χ4n) is 3.65. The number of thioether (sulfide) groups is 1. The van der Waals surface area contributed by atoms with Crippen LogP contribution in [-0.2, 0) is 25.5 Å². The summed E-state index contributed by atoms with van der Waals surface area (Å²) in [6.07, 6.45) is 1.08. The zero-order chi connectivity index (χ0) is 30.0. The van der Waals surface area contributed by atoms with Crippen LogP contribution in [0.25, 0.3) is 10.9 Å². The zero-order valence-electron chi connectivity index (χ0n) is 23.2. The highest BCUT2D eigenvalue weighted by Gasteiger charge is 2.26. The first kappa shape index (κ1) is 31.0. The predicted octanol–water partition coefficient (Wildman–Crippen LogP) is 3.89. The Morgan fingerprint density at radius 2 is 1.68 bits per heavy atom. The van der Waals surface area contributed by atoms with Gasteiger partial charge in [0.1, 0.15) is 11.6 Å². The van der Waals surface area contributed by atoms with Gasteiger partial charge in [-0.2, -0.15) is 0 Å². The molecule has 0 saturated carbocycles. The number of fused-ring (bicyclic) bond motifs is 1. The van der Waals surface area contributed by atoms with Crippen molar-refractivity contribution in [1.82, 2.24) is 21.2 Å². The summed E-state index contributed by atoms with van der Waals surface area (Å²) in [5.74, 6) is -1.86. The van der Waals surface area contributed by atoms with Gasteiger partial charge in [-0.15, -0.1) is 0 Å². The van der Waals surface area contributed by atoms with Crippen molar-refractivity contribution in [2.75, 3.05) is 17.7 Å². The molecule has 5 N–H and O–H groups in total. The number of nitrogens with one attached hydrogen (secondary N) is 5. The van der Waals surface area contributed by atoms with Crippen LogP contribution >= 0.6 is 11.8 Å². The number of aromatic amines is 1. The van der Waals surface area contributed by atoms with E-state index in [0.29, 0.717) is 23.0 Å². The van der Waals surface area contributed by atoms with E-state index >= 15 is 0 Å². The van der Waals surface area contributed by atoms with Gasteiger partial charge in [0.2, 0.25) is 5.91 Å². The molecule has 1 heterocycles. The fourth-order valence-corrected chi connectivity index (χ4v) is 4.11. The Labute approximate surface area is 241 Å². The number of alkyl carbamates (subject to hydrolysis) is 1. The van der Waals surface area contributed by atoms with Crippen LogP contribution in [-0.4, -0.2) is 58.1 Å². The Morgan fingerprint density at radius 3 is 2.37 bits per heavy atom. The van der Waals surface area contributed by atoms with Crippen LogP contribution in [0.1, 0.15) is 43.6 Å². The van der Waals surface area contributed by atoms with E-state index in [1.807, 2.05) is 24.3 Å². The number of esters is 1. The lowest BCUT2D eigenvalue weighted by atomic mass is 10.0. The number of aromatic nitrogens is 1. The summed E-state index contributed by atoms with van der Waals surface area (Å²) in [7, 11) is 0. The molecule has 2 aromatic carbocycles. The van der Waals surface area contributed by atoms with Gasteiger partial charge in [0.25, 0.3) is 11.1 Å². The van der Waals surface area contributed by atoms with Gasteiger partial charge in [0, 0.05) is 29.2 Å². The van der Waals surface area contributed by atoms with Crippen LogP contribution < -0.4 is 21.5 Å². The van der Waals surface area contributed by atoms with Gasteiger partial charge in [-0.25, -0.2) is 9.59 Å². The SMILES string of the molecule is CCOC(=O)c1ccc(NC(=O)CSC(=O)NNC(=O)[C@@H](Cc2c[nH]c3ccccc23)NC(=O)OC(C)(C)C)cc1. The maximum Gasteiger partial charge on any atom is 0.408 e. The number of carbonyl (C=O) groups excluding carboxylic acids is 5. The first-order chi connectivity index (χ1) is 19.4. The van der Waals surface area contributed by atoms with E-state index in [9.17, 15) is 24.0 Å². The average Bonchev–Trinajstić information content (AvgIpc) is 3.32. The van der Waals surface area contributed by atoms with Crippen molar-refractivity contribution in [3.63, 3.8) is 0 Å². The van der Waals surface area contributed by atoms with E-state index in [2.05, 4.69) is 26.5 Å². The average molecular weight is 584 g/mol. The molecule has 0 radical (unpaired) electrons. The summed E-state index contributed by atoms with van der Waals surface area (Å²) in [6.45, 7) is 7.06. The minimum atomic E-state index is -1.07. The highest BCUT2D eigenvalue weighted by Crippen LogP contribution is 2.19. The number of H-pyrrole nitrogens is 1. The third kappa shape index (κ3) is 9.87. The molecular formula is C28H33N5O7S. The van der Waals surface area contributed by atoms with E-state index in [1.54, 1.807) is 46.0 Å². The van der Waals surface area contributed by atoms with Crippen molar-refractivity contribution in [2.45, 2.75) is 45.8 Å². The molecular weight excluding hydrogens is 550 g/mol. The lowest BCUT2D eigenvalue weighted by molar-refractivity contribution is -0.123. The number of amides is 4. The van der Waals surface area contributed by atoms with E-state index in [4.69, 9.17) is 9.47 Å². The molecule has 0 fully saturated rings. The third-order valence-corrected chi connectivity index (χ3v) is 6.18. The second kappa shape index (κ2) is 14.2. The Kier molecular flexibility index (Phi) is 10.8. The van der Waals surface area contributed by atoms with Crippen LogP contribution in [0.4, 0.5) is 15.3 Å².